The lowest BCUT2D eigenvalue weighted by Gasteiger charge is -2.37. The number of carbonyl (C=O) groups excluding carboxylic acids is 6. The second-order valence-corrected chi connectivity index (χ2v) is 12.3. The Morgan fingerprint density at radius 3 is 2.20 bits per heavy atom. The van der Waals surface area contributed by atoms with Crippen molar-refractivity contribution in [1.29, 1.82) is 0 Å². The average molecular weight is 583 g/mol. The van der Waals surface area contributed by atoms with E-state index in [2.05, 4.69) is 26.6 Å². The van der Waals surface area contributed by atoms with E-state index in [1.807, 2.05) is 13.8 Å². The van der Waals surface area contributed by atoms with E-state index in [0.29, 0.717) is 18.6 Å². The Hall–Kier alpha value is -3.36. The van der Waals surface area contributed by atoms with Crippen LogP contribution in [0, 0.1) is 11.8 Å². The molecule has 6 N–H and O–H groups in total. The second-order valence-electron chi connectivity index (χ2n) is 11.0. The van der Waals surface area contributed by atoms with Crippen LogP contribution >= 0.6 is 11.8 Å². The number of piperidine rings is 1. The number of hydrogen-bond acceptors (Lipinski definition) is 8. The molecule has 0 aromatic rings. The highest BCUT2D eigenvalue weighted by atomic mass is 32.2. The molecule has 3 saturated heterocycles. The van der Waals surface area contributed by atoms with Crippen molar-refractivity contribution >= 4 is 53.2 Å². The van der Waals surface area contributed by atoms with Crippen molar-refractivity contribution in [3.63, 3.8) is 0 Å². The Morgan fingerprint density at radius 2 is 1.57 bits per heavy atom. The van der Waals surface area contributed by atoms with Crippen molar-refractivity contribution in [3.05, 3.63) is 0 Å². The molecule has 3 aliphatic rings. The van der Waals surface area contributed by atoms with Gasteiger partial charge in [-0.15, -0.1) is 11.8 Å². The van der Waals surface area contributed by atoms with E-state index >= 15 is 0 Å². The van der Waals surface area contributed by atoms with E-state index in [-0.39, 0.29) is 17.7 Å². The molecule has 3 aliphatic heterocycles. The van der Waals surface area contributed by atoms with E-state index in [1.165, 1.54) is 16.7 Å². The highest BCUT2D eigenvalue weighted by Gasteiger charge is 2.47. The number of amides is 6. The Labute approximate surface area is 236 Å². The molecule has 0 spiro atoms. The zero-order valence-electron chi connectivity index (χ0n) is 23.0. The Balaban J connectivity index is 1.94. The first-order chi connectivity index (χ1) is 18.8. The summed E-state index contributed by atoms with van der Waals surface area (Å²) in [5.74, 6) is -5.45. The summed E-state index contributed by atoms with van der Waals surface area (Å²) in [5, 5.41) is 21.8. The van der Waals surface area contributed by atoms with Crippen LogP contribution < -0.4 is 26.6 Å². The van der Waals surface area contributed by atoms with Gasteiger partial charge in [0.2, 0.25) is 35.4 Å². The van der Waals surface area contributed by atoms with Crippen LogP contribution in [0.4, 0.5) is 0 Å². The van der Waals surface area contributed by atoms with Crippen LogP contribution in [-0.2, 0) is 33.6 Å². The quantitative estimate of drug-likeness (QED) is 0.218. The van der Waals surface area contributed by atoms with Gasteiger partial charge in [-0.05, 0) is 31.1 Å². The highest BCUT2D eigenvalue weighted by molar-refractivity contribution is 8.00. The number of fused-ring (bicyclic) bond motifs is 1. The fourth-order valence-corrected chi connectivity index (χ4v) is 6.40. The highest BCUT2D eigenvalue weighted by Crippen LogP contribution is 2.36. The molecule has 15 heteroatoms. The monoisotopic (exact) mass is 582 g/mol. The van der Waals surface area contributed by atoms with Crippen LogP contribution in [-0.4, -0.2) is 99.3 Å². The number of hydrogen-bond donors (Lipinski definition) is 6. The Bertz CT molecular complexity index is 1050. The molecule has 3 heterocycles. The van der Waals surface area contributed by atoms with Gasteiger partial charge in [-0.2, -0.15) is 0 Å². The van der Waals surface area contributed by atoms with Crippen molar-refractivity contribution < 1.29 is 38.7 Å². The van der Waals surface area contributed by atoms with E-state index in [4.69, 9.17) is 0 Å². The maximum atomic E-state index is 13.4. The van der Waals surface area contributed by atoms with Crippen molar-refractivity contribution in [1.82, 2.24) is 31.5 Å². The van der Waals surface area contributed by atoms with Crippen molar-refractivity contribution in [2.24, 2.45) is 11.8 Å². The summed E-state index contributed by atoms with van der Waals surface area (Å²) in [6, 6.07) is -5.55. The van der Waals surface area contributed by atoms with Gasteiger partial charge < -0.3 is 36.6 Å². The summed E-state index contributed by atoms with van der Waals surface area (Å²) in [7, 11) is 0. The minimum Gasteiger partial charge on any atom is -0.481 e. The number of rotatable bonds is 5. The van der Waals surface area contributed by atoms with Gasteiger partial charge in [0.25, 0.3) is 0 Å². The molecule has 0 aromatic heterocycles. The molecule has 3 rings (SSSR count). The first-order valence-electron chi connectivity index (χ1n) is 13.4. The second kappa shape index (κ2) is 13.3. The van der Waals surface area contributed by atoms with Crippen LogP contribution in [0.2, 0.25) is 0 Å². The molecule has 40 heavy (non-hydrogen) atoms. The fourth-order valence-electron chi connectivity index (χ4n) is 4.97. The van der Waals surface area contributed by atoms with Crippen LogP contribution in [0.3, 0.4) is 0 Å². The minimum absolute atomic E-state index is 0.0604. The molecule has 3 unspecified atom stereocenters. The Kier molecular flexibility index (Phi) is 10.4. The number of aliphatic carboxylic acids is 1. The van der Waals surface area contributed by atoms with Gasteiger partial charge in [-0.25, -0.2) is 0 Å². The van der Waals surface area contributed by atoms with E-state index in [9.17, 15) is 38.7 Å². The van der Waals surface area contributed by atoms with E-state index in [0.717, 1.165) is 0 Å². The lowest BCUT2D eigenvalue weighted by Crippen LogP contribution is -2.63. The number of nitrogens with one attached hydrogen (secondary N) is 5. The third-order valence-corrected chi connectivity index (χ3v) is 8.36. The van der Waals surface area contributed by atoms with E-state index < -0.39 is 90.5 Å². The summed E-state index contributed by atoms with van der Waals surface area (Å²) >= 11 is 1.45. The topological polar surface area (TPSA) is 203 Å². The molecule has 0 saturated carbocycles. The first kappa shape index (κ1) is 31.2. The summed E-state index contributed by atoms with van der Waals surface area (Å²) in [5.41, 5.74) is 0. The number of nitrogens with zero attached hydrogens (tertiary/aromatic N) is 1. The number of carbonyl (C=O) groups is 7. The zero-order valence-corrected chi connectivity index (χ0v) is 23.8. The van der Waals surface area contributed by atoms with Gasteiger partial charge in [-0.3, -0.25) is 33.6 Å². The van der Waals surface area contributed by atoms with Crippen LogP contribution in [0.25, 0.3) is 0 Å². The lowest BCUT2D eigenvalue weighted by atomic mass is 9.98. The minimum atomic E-state index is -1.54. The third-order valence-electron chi connectivity index (χ3n) is 7.01. The SMILES string of the molecule is CC(C)C[C@@H]1NC(=O)CNC(=O)C2CSC3CCC(NC(=O)[C@H](C(C)C)NC(=O)[C@H](CC(=O)O)NC1=O)C(=O)N32. The van der Waals surface area contributed by atoms with Crippen LogP contribution in [0.5, 0.6) is 0 Å². The van der Waals surface area contributed by atoms with E-state index in [1.54, 1.807) is 13.8 Å². The number of carboxylic acids is 1. The summed E-state index contributed by atoms with van der Waals surface area (Å²) in [4.78, 5) is 91.6. The summed E-state index contributed by atoms with van der Waals surface area (Å²) in [6.45, 7) is 6.52. The fraction of sp³-hybridized carbons (Fsp3) is 0.720. The smallest absolute Gasteiger partial charge is 0.305 e. The molecular formula is C25H38N6O8S. The van der Waals surface area contributed by atoms with Crippen LogP contribution in [0.15, 0.2) is 0 Å². The van der Waals surface area contributed by atoms with Gasteiger partial charge in [-0.1, -0.05) is 27.7 Å². The summed E-state index contributed by atoms with van der Waals surface area (Å²) < 4.78 is 0. The molecule has 14 nitrogen and oxygen atoms in total. The van der Waals surface area contributed by atoms with Gasteiger partial charge >= 0.3 is 5.97 Å². The predicted octanol–water partition coefficient (Wildman–Crippen LogP) is -1.70. The average Bonchev–Trinajstić information content (AvgIpc) is 3.30. The molecule has 0 aliphatic carbocycles. The number of thioether (sulfide) groups is 1. The maximum absolute atomic E-state index is 13.4. The molecule has 0 aromatic carbocycles. The largest absolute Gasteiger partial charge is 0.481 e. The van der Waals surface area contributed by atoms with Gasteiger partial charge in [0.1, 0.15) is 30.2 Å². The first-order valence-corrected chi connectivity index (χ1v) is 14.5. The molecule has 222 valence electrons. The third kappa shape index (κ3) is 7.64. The maximum Gasteiger partial charge on any atom is 0.305 e. The normalized spacial score (nSPS) is 30.6. The molecule has 3 fully saturated rings. The van der Waals surface area contributed by atoms with Crippen molar-refractivity contribution in [3.8, 4) is 0 Å². The molecule has 0 radical (unpaired) electrons. The lowest BCUT2D eigenvalue weighted by molar-refractivity contribution is -0.146. The van der Waals surface area contributed by atoms with Gasteiger partial charge in [0.15, 0.2) is 0 Å². The number of carboxylic acid groups (broad SMARTS) is 1. The van der Waals surface area contributed by atoms with Crippen molar-refractivity contribution in [2.45, 2.75) is 89.0 Å². The molecule has 6 amide bonds. The van der Waals surface area contributed by atoms with Crippen molar-refractivity contribution in [2.75, 3.05) is 12.3 Å². The summed E-state index contributed by atoms with van der Waals surface area (Å²) in [6.07, 6.45) is 0.282. The molecule has 6 atom stereocenters. The Morgan fingerprint density at radius 1 is 0.900 bits per heavy atom. The standard InChI is InChI=1S/C25H38N6O8S/c1-11(2)7-14-21(35)29-15(8-19(33)34)22(36)30-20(12(3)4)24(38)28-13-5-6-18-31(25(13)39)16(10-40-18)23(37)26-9-17(32)27-14/h11-16,18,20H,5-10H2,1-4H3,(H,26,37)(H,27,32)(H,28,38)(H,29,35)(H,30,36)(H,33,34)/t13?,14-,15-,16?,18?,20-/m0/s1. The molecule has 2 bridgehead atoms. The molecular weight excluding hydrogens is 544 g/mol. The van der Waals surface area contributed by atoms with Gasteiger partial charge in [0.05, 0.1) is 18.3 Å². The predicted molar refractivity (Wildman–Crippen MR) is 143 cm³/mol. The van der Waals surface area contributed by atoms with Crippen LogP contribution in [0.1, 0.15) is 53.4 Å². The van der Waals surface area contributed by atoms with Gasteiger partial charge in [0, 0.05) is 5.75 Å². The zero-order chi connectivity index (χ0) is 29.7.